The summed E-state index contributed by atoms with van der Waals surface area (Å²) in [4.78, 5) is 40.7. The molecule has 9 nitrogen and oxygen atoms in total. The second kappa shape index (κ2) is 11.5. The van der Waals surface area contributed by atoms with Gasteiger partial charge in [-0.2, -0.15) is 0 Å². The van der Waals surface area contributed by atoms with Gasteiger partial charge in [-0.3, -0.25) is 14.0 Å². The number of benzene rings is 1. The van der Waals surface area contributed by atoms with Gasteiger partial charge in [-0.15, -0.1) is 0 Å². The zero-order chi connectivity index (χ0) is 28.2. The highest BCUT2D eigenvalue weighted by molar-refractivity contribution is 6.04. The fourth-order valence-electron chi connectivity index (χ4n) is 5.16. The molecule has 5 rings (SSSR count). The van der Waals surface area contributed by atoms with E-state index in [9.17, 15) is 9.59 Å². The second-order valence-corrected chi connectivity index (χ2v) is 9.68. The van der Waals surface area contributed by atoms with Crippen LogP contribution < -0.4 is 11.1 Å². The molecule has 2 amide bonds. The number of piperidine rings is 1. The number of pyridine rings is 1. The van der Waals surface area contributed by atoms with Gasteiger partial charge in [-0.05, 0) is 68.4 Å². The number of nitrogens with zero attached hydrogens (tertiary/aromatic N) is 5. The van der Waals surface area contributed by atoms with Gasteiger partial charge in [0.1, 0.15) is 34.5 Å². The molecule has 0 aliphatic carbocycles. The third-order valence-electron chi connectivity index (χ3n) is 7.00. The van der Waals surface area contributed by atoms with E-state index < -0.39 is 11.7 Å². The van der Waals surface area contributed by atoms with Gasteiger partial charge in [0, 0.05) is 30.7 Å². The highest BCUT2D eigenvalue weighted by Gasteiger charge is 2.32. The Kier molecular flexibility index (Phi) is 7.73. The molecule has 4 aromatic rings. The number of hydrogen-bond donors (Lipinski definition) is 2. The van der Waals surface area contributed by atoms with Crippen LogP contribution in [0.2, 0.25) is 0 Å². The largest absolute Gasteiger partial charge is 0.382 e. The number of hydrogen-bond acceptors (Lipinski definition) is 6. The van der Waals surface area contributed by atoms with Crippen molar-refractivity contribution in [3.8, 4) is 23.1 Å². The predicted molar refractivity (Wildman–Crippen MR) is 151 cm³/mol. The van der Waals surface area contributed by atoms with E-state index in [1.807, 2.05) is 6.07 Å². The number of halogens is 1. The number of likely N-dealkylation sites (tertiary alicyclic amines) is 1. The maximum Gasteiger partial charge on any atom is 0.299 e. The molecule has 1 saturated heterocycles. The summed E-state index contributed by atoms with van der Waals surface area (Å²) in [6, 6.07) is 7.66. The summed E-state index contributed by atoms with van der Waals surface area (Å²) in [5, 5.41) is 2.68. The van der Waals surface area contributed by atoms with Crippen LogP contribution >= 0.6 is 0 Å². The zero-order valence-corrected chi connectivity index (χ0v) is 22.4. The number of nitrogen functional groups attached to an aromatic ring is 1. The molecule has 0 saturated carbocycles. The van der Waals surface area contributed by atoms with Gasteiger partial charge in [-0.1, -0.05) is 25.3 Å². The van der Waals surface area contributed by atoms with Gasteiger partial charge >= 0.3 is 0 Å². The number of nitrogens with one attached hydrogen (secondary N) is 1. The summed E-state index contributed by atoms with van der Waals surface area (Å²) in [5.74, 6) is 4.93. The average molecular weight is 540 g/mol. The lowest BCUT2D eigenvalue weighted by atomic mass is 10.0. The molecule has 0 radical (unpaired) electrons. The molecule has 1 aliphatic heterocycles. The first-order valence-corrected chi connectivity index (χ1v) is 13.3. The molecule has 1 atom stereocenters. The van der Waals surface area contributed by atoms with Crippen LogP contribution in [0.15, 0.2) is 48.9 Å². The minimum absolute atomic E-state index is 0.122. The van der Waals surface area contributed by atoms with Crippen molar-refractivity contribution in [3.05, 3.63) is 71.7 Å². The molecule has 1 aromatic carbocycles. The first-order chi connectivity index (χ1) is 19.4. The van der Waals surface area contributed by atoms with E-state index in [1.165, 1.54) is 12.1 Å². The predicted octanol–water partition coefficient (Wildman–Crippen LogP) is 4.79. The van der Waals surface area contributed by atoms with Crippen LogP contribution in [0.1, 0.15) is 67.3 Å². The Labute approximate surface area is 231 Å². The van der Waals surface area contributed by atoms with E-state index in [-0.39, 0.29) is 23.3 Å². The van der Waals surface area contributed by atoms with Crippen molar-refractivity contribution in [2.75, 3.05) is 17.6 Å². The van der Waals surface area contributed by atoms with Gasteiger partial charge in [-0.25, -0.2) is 19.3 Å². The number of aromatic nitrogens is 4. The van der Waals surface area contributed by atoms with E-state index >= 15 is 4.39 Å². The molecule has 3 aromatic heterocycles. The summed E-state index contributed by atoms with van der Waals surface area (Å²) < 4.78 is 17.2. The number of aryl methyl sites for hydroxylation is 1. The standard InChI is InChI=1S/C30H30FN7O2/c1-3-7-19-12-13-33-24(17-19)35-30(40)21-11-10-20(18-22(21)31)26-27-28(32)34-14-16-38(27)29(36-26)23-9-5-6-15-37(23)25(39)8-4-2/h10-14,16-18,23H,3,5-7,9,15H2,1-2H3,(H2,32,34)(H,33,35,40)/t23-/m0/s1. The zero-order valence-electron chi connectivity index (χ0n) is 22.4. The van der Waals surface area contributed by atoms with E-state index in [0.717, 1.165) is 31.2 Å². The molecule has 3 N–H and O–H groups in total. The maximum absolute atomic E-state index is 15.4. The molecule has 0 bridgehead atoms. The van der Waals surface area contributed by atoms with Crippen LogP contribution in [-0.4, -0.2) is 42.6 Å². The fraction of sp³-hybridized carbons (Fsp3) is 0.300. The van der Waals surface area contributed by atoms with Gasteiger partial charge in [0.15, 0.2) is 0 Å². The number of imidazole rings is 1. The first kappa shape index (κ1) is 26.8. The Balaban J connectivity index is 1.50. The van der Waals surface area contributed by atoms with Crippen LogP contribution in [0.4, 0.5) is 16.0 Å². The van der Waals surface area contributed by atoms with Gasteiger partial charge in [0.05, 0.1) is 11.6 Å². The Bertz CT molecular complexity index is 1650. The van der Waals surface area contributed by atoms with Crippen molar-refractivity contribution in [3.63, 3.8) is 0 Å². The normalized spacial score (nSPS) is 15.0. The Morgan fingerprint density at radius 2 is 2.02 bits per heavy atom. The topological polar surface area (TPSA) is 119 Å². The highest BCUT2D eigenvalue weighted by Crippen LogP contribution is 2.36. The van der Waals surface area contributed by atoms with Crippen molar-refractivity contribution in [1.29, 1.82) is 0 Å². The van der Waals surface area contributed by atoms with E-state index in [1.54, 1.807) is 46.9 Å². The molecule has 40 heavy (non-hydrogen) atoms. The molecule has 0 spiro atoms. The Hall–Kier alpha value is -4.78. The molecule has 4 heterocycles. The number of rotatable bonds is 6. The molecular weight excluding hydrogens is 509 g/mol. The molecular formula is C30H30FN7O2. The minimum atomic E-state index is -0.711. The summed E-state index contributed by atoms with van der Waals surface area (Å²) in [6.45, 7) is 4.26. The Morgan fingerprint density at radius 1 is 1.18 bits per heavy atom. The summed E-state index contributed by atoms with van der Waals surface area (Å²) in [6.07, 6.45) is 9.24. The van der Waals surface area contributed by atoms with Crippen molar-refractivity contribution >= 4 is 29.0 Å². The summed E-state index contributed by atoms with van der Waals surface area (Å²) in [5.41, 5.74) is 8.55. The molecule has 204 valence electrons. The number of anilines is 2. The van der Waals surface area contributed by atoms with E-state index in [0.29, 0.717) is 41.4 Å². The summed E-state index contributed by atoms with van der Waals surface area (Å²) >= 11 is 0. The second-order valence-electron chi connectivity index (χ2n) is 9.68. The van der Waals surface area contributed by atoms with Crippen molar-refractivity contribution < 1.29 is 14.0 Å². The highest BCUT2D eigenvalue weighted by atomic mass is 19.1. The third kappa shape index (κ3) is 5.23. The van der Waals surface area contributed by atoms with Crippen LogP contribution in [0.3, 0.4) is 0 Å². The van der Waals surface area contributed by atoms with Crippen molar-refractivity contribution in [2.24, 2.45) is 0 Å². The smallest absolute Gasteiger partial charge is 0.299 e. The first-order valence-electron chi connectivity index (χ1n) is 13.3. The number of amides is 2. The fourth-order valence-corrected chi connectivity index (χ4v) is 5.16. The summed E-state index contributed by atoms with van der Waals surface area (Å²) in [7, 11) is 0. The monoisotopic (exact) mass is 539 g/mol. The number of fused-ring (bicyclic) bond motifs is 1. The average Bonchev–Trinajstić information content (AvgIpc) is 3.34. The quantitative estimate of drug-likeness (QED) is 0.340. The van der Waals surface area contributed by atoms with Gasteiger partial charge in [0.2, 0.25) is 0 Å². The SMILES string of the molecule is CC#CC(=O)N1CCCC[C@H]1c1nc(-c2ccc(C(=O)Nc3cc(CCC)ccn3)c(F)c2)c2c(N)nccn12. The Morgan fingerprint density at radius 3 is 2.80 bits per heavy atom. The van der Waals surface area contributed by atoms with E-state index in [2.05, 4.69) is 34.0 Å². The molecule has 10 heteroatoms. The number of carbonyl (C=O) groups is 2. The molecule has 1 fully saturated rings. The van der Waals surface area contributed by atoms with Crippen molar-refractivity contribution in [1.82, 2.24) is 24.3 Å². The van der Waals surface area contributed by atoms with E-state index in [4.69, 9.17) is 10.7 Å². The lowest BCUT2D eigenvalue weighted by molar-refractivity contribution is -0.129. The van der Waals surface area contributed by atoms with Crippen LogP contribution in [0, 0.1) is 17.7 Å². The minimum Gasteiger partial charge on any atom is -0.382 e. The van der Waals surface area contributed by atoms with Crippen molar-refractivity contribution in [2.45, 2.75) is 52.0 Å². The van der Waals surface area contributed by atoms with Crippen LogP contribution in [0.5, 0.6) is 0 Å². The number of nitrogens with two attached hydrogens (primary N) is 1. The van der Waals surface area contributed by atoms with Gasteiger partial charge < -0.3 is 16.0 Å². The maximum atomic E-state index is 15.4. The number of carbonyl (C=O) groups excluding carboxylic acids is 2. The van der Waals surface area contributed by atoms with Crippen LogP contribution in [-0.2, 0) is 11.2 Å². The molecule has 0 unspecified atom stereocenters. The van der Waals surface area contributed by atoms with Crippen LogP contribution in [0.25, 0.3) is 16.8 Å². The third-order valence-corrected chi connectivity index (χ3v) is 7.00. The lowest BCUT2D eigenvalue weighted by Gasteiger charge is -2.33. The molecule has 1 aliphatic rings. The van der Waals surface area contributed by atoms with Gasteiger partial charge in [0.25, 0.3) is 11.8 Å². The lowest BCUT2D eigenvalue weighted by Crippen LogP contribution is -2.38.